The summed E-state index contributed by atoms with van der Waals surface area (Å²) < 4.78 is 18.7. The van der Waals surface area contributed by atoms with E-state index in [-0.39, 0.29) is 17.5 Å². The number of benzene rings is 1. The van der Waals surface area contributed by atoms with Gasteiger partial charge in [0, 0.05) is 12.8 Å². The zero-order valence-corrected chi connectivity index (χ0v) is 9.34. The first kappa shape index (κ1) is 12.1. The van der Waals surface area contributed by atoms with Crippen LogP contribution < -0.4 is 10.5 Å². The van der Waals surface area contributed by atoms with Crippen molar-refractivity contribution in [1.29, 1.82) is 0 Å². The maximum absolute atomic E-state index is 13.2. The van der Waals surface area contributed by atoms with E-state index in [9.17, 15) is 14.6 Å². The van der Waals surface area contributed by atoms with Gasteiger partial charge in [-0.1, -0.05) is 6.07 Å². The fourth-order valence-electron chi connectivity index (χ4n) is 2.11. The van der Waals surface area contributed by atoms with Crippen molar-refractivity contribution < 1.29 is 19.3 Å². The van der Waals surface area contributed by atoms with Crippen LogP contribution in [0, 0.1) is 5.82 Å². The first-order valence-electron chi connectivity index (χ1n) is 5.63. The summed E-state index contributed by atoms with van der Waals surface area (Å²) in [5.74, 6) is -0.268. The molecule has 1 saturated carbocycles. The van der Waals surface area contributed by atoms with Crippen LogP contribution in [0.4, 0.5) is 10.1 Å². The van der Waals surface area contributed by atoms with Gasteiger partial charge in [0.05, 0.1) is 12.2 Å². The molecule has 1 aromatic carbocycles. The molecule has 5 heteroatoms. The second-order valence-electron chi connectivity index (χ2n) is 4.41. The maximum atomic E-state index is 13.2. The highest BCUT2D eigenvalue weighted by Gasteiger charge is 2.28. The van der Waals surface area contributed by atoms with Gasteiger partial charge in [-0.05, 0) is 18.6 Å². The van der Waals surface area contributed by atoms with Gasteiger partial charge in [0.2, 0.25) is 0 Å². The lowest BCUT2D eigenvalue weighted by molar-refractivity contribution is -0.0153. The Balaban J connectivity index is 2.07. The van der Waals surface area contributed by atoms with Crippen LogP contribution in [0.25, 0.3) is 0 Å². The van der Waals surface area contributed by atoms with Gasteiger partial charge in [-0.3, -0.25) is 0 Å². The number of aliphatic hydroxyl groups is 2. The number of aliphatic hydroxyl groups excluding tert-OH is 2. The molecule has 0 aliphatic heterocycles. The van der Waals surface area contributed by atoms with Crippen LogP contribution in [0.15, 0.2) is 18.2 Å². The second-order valence-corrected chi connectivity index (χ2v) is 4.41. The van der Waals surface area contributed by atoms with Crippen LogP contribution in [0.3, 0.4) is 0 Å². The van der Waals surface area contributed by atoms with Crippen LogP contribution in [0.5, 0.6) is 5.75 Å². The van der Waals surface area contributed by atoms with Gasteiger partial charge in [-0.15, -0.1) is 0 Å². The third kappa shape index (κ3) is 2.87. The zero-order chi connectivity index (χ0) is 12.4. The Morgan fingerprint density at radius 1 is 1.18 bits per heavy atom. The second kappa shape index (κ2) is 4.89. The number of halogens is 1. The third-order valence-electron chi connectivity index (χ3n) is 2.92. The minimum absolute atomic E-state index is 0.0398. The minimum atomic E-state index is -0.585. The Kier molecular flexibility index (Phi) is 3.49. The molecule has 1 aliphatic carbocycles. The number of hydrogen-bond donors (Lipinski definition) is 3. The number of ether oxygens (including phenoxy) is 1. The lowest BCUT2D eigenvalue weighted by atomic mass is 9.92. The first-order chi connectivity index (χ1) is 8.06. The van der Waals surface area contributed by atoms with E-state index in [0.29, 0.717) is 19.3 Å². The number of hydrogen-bond acceptors (Lipinski definition) is 4. The number of rotatable bonds is 2. The molecule has 3 atom stereocenters. The Morgan fingerprint density at radius 2 is 1.82 bits per heavy atom. The van der Waals surface area contributed by atoms with Crippen molar-refractivity contribution in [1.82, 2.24) is 0 Å². The van der Waals surface area contributed by atoms with E-state index in [1.165, 1.54) is 12.1 Å². The van der Waals surface area contributed by atoms with E-state index < -0.39 is 18.0 Å². The Hall–Kier alpha value is -1.33. The van der Waals surface area contributed by atoms with Gasteiger partial charge >= 0.3 is 0 Å². The molecule has 0 spiro atoms. The van der Waals surface area contributed by atoms with E-state index >= 15 is 0 Å². The van der Waals surface area contributed by atoms with Crippen LogP contribution in [-0.4, -0.2) is 28.5 Å². The zero-order valence-electron chi connectivity index (χ0n) is 9.34. The molecular weight excluding hydrogens is 225 g/mol. The van der Waals surface area contributed by atoms with Crippen molar-refractivity contribution in [3.63, 3.8) is 0 Å². The average molecular weight is 241 g/mol. The smallest absolute Gasteiger partial charge is 0.149 e. The molecule has 1 unspecified atom stereocenters. The van der Waals surface area contributed by atoms with Crippen molar-refractivity contribution in [2.75, 3.05) is 5.73 Å². The first-order valence-corrected chi connectivity index (χ1v) is 5.63. The predicted octanol–water partition coefficient (Wildman–Crippen LogP) is 1.06. The fourth-order valence-corrected chi connectivity index (χ4v) is 2.11. The third-order valence-corrected chi connectivity index (χ3v) is 2.92. The highest BCUT2D eigenvalue weighted by molar-refractivity contribution is 5.53. The molecule has 0 bridgehead atoms. The molecule has 4 nitrogen and oxygen atoms in total. The van der Waals surface area contributed by atoms with E-state index in [4.69, 9.17) is 10.5 Å². The number of para-hydroxylation sites is 1. The topological polar surface area (TPSA) is 75.7 Å². The molecule has 2 rings (SSSR count). The van der Waals surface area contributed by atoms with Gasteiger partial charge in [-0.25, -0.2) is 4.39 Å². The van der Waals surface area contributed by atoms with Crippen LogP contribution in [0.2, 0.25) is 0 Å². The minimum Gasteiger partial charge on any atom is -0.488 e. The highest BCUT2D eigenvalue weighted by atomic mass is 19.1. The normalized spacial score (nSPS) is 29.0. The highest BCUT2D eigenvalue weighted by Crippen LogP contribution is 2.29. The molecule has 1 aromatic rings. The summed E-state index contributed by atoms with van der Waals surface area (Å²) in [5.41, 5.74) is 5.50. The molecule has 4 N–H and O–H groups in total. The van der Waals surface area contributed by atoms with E-state index in [0.717, 1.165) is 0 Å². The summed E-state index contributed by atoms with van der Waals surface area (Å²) >= 11 is 0. The van der Waals surface area contributed by atoms with Gasteiger partial charge < -0.3 is 20.7 Å². The molecule has 1 fully saturated rings. The number of nitrogens with two attached hydrogens (primary N) is 1. The lowest BCUT2D eigenvalue weighted by Crippen LogP contribution is -2.36. The van der Waals surface area contributed by atoms with E-state index in [1.807, 2.05) is 0 Å². The Labute approximate surface area is 98.8 Å². The molecule has 0 heterocycles. The number of nitrogen functional groups attached to an aromatic ring is 1. The predicted molar refractivity (Wildman–Crippen MR) is 61.1 cm³/mol. The van der Waals surface area contributed by atoms with E-state index in [1.54, 1.807) is 6.07 Å². The number of anilines is 1. The Morgan fingerprint density at radius 3 is 2.47 bits per heavy atom. The molecule has 17 heavy (non-hydrogen) atoms. The van der Waals surface area contributed by atoms with Gasteiger partial charge in [-0.2, -0.15) is 0 Å². The maximum Gasteiger partial charge on any atom is 0.149 e. The Bertz CT molecular complexity index is 389. The average Bonchev–Trinajstić information content (AvgIpc) is 2.23. The molecule has 0 saturated heterocycles. The van der Waals surface area contributed by atoms with Crippen molar-refractivity contribution in [3.05, 3.63) is 24.0 Å². The van der Waals surface area contributed by atoms with Gasteiger partial charge in [0.25, 0.3) is 0 Å². The SMILES string of the molecule is Nc1c(F)cccc1OC1C[C@@H](O)C[C@@H](O)C1. The summed E-state index contributed by atoms with van der Waals surface area (Å²) in [7, 11) is 0. The molecule has 0 amide bonds. The summed E-state index contributed by atoms with van der Waals surface area (Å²) in [6.07, 6.45) is -0.298. The molecular formula is C12H16FNO3. The largest absolute Gasteiger partial charge is 0.488 e. The van der Waals surface area contributed by atoms with Gasteiger partial charge in [0.15, 0.2) is 0 Å². The summed E-state index contributed by atoms with van der Waals surface area (Å²) in [6, 6.07) is 4.34. The summed E-state index contributed by atoms with van der Waals surface area (Å²) in [6.45, 7) is 0. The molecule has 0 aromatic heterocycles. The van der Waals surface area contributed by atoms with Crippen molar-refractivity contribution >= 4 is 5.69 Å². The fraction of sp³-hybridized carbons (Fsp3) is 0.500. The molecule has 94 valence electrons. The van der Waals surface area contributed by atoms with Crippen molar-refractivity contribution in [2.24, 2.45) is 0 Å². The van der Waals surface area contributed by atoms with Crippen molar-refractivity contribution in [2.45, 2.75) is 37.6 Å². The standard InChI is InChI=1S/C12H16FNO3/c13-10-2-1-3-11(12(10)14)17-9-5-7(15)4-8(16)6-9/h1-3,7-9,15-16H,4-6,14H2/t7-,8+,9?. The quantitative estimate of drug-likeness (QED) is 0.677. The van der Waals surface area contributed by atoms with Crippen LogP contribution in [0.1, 0.15) is 19.3 Å². The van der Waals surface area contributed by atoms with Crippen molar-refractivity contribution in [3.8, 4) is 5.75 Å². The lowest BCUT2D eigenvalue weighted by Gasteiger charge is -2.30. The summed E-state index contributed by atoms with van der Waals surface area (Å²) in [4.78, 5) is 0. The summed E-state index contributed by atoms with van der Waals surface area (Å²) in [5, 5.41) is 19.0. The van der Waals surface area contributed by atoms with Crippen LogP contribution in [-0.2, 0) is 0 Å². The van der Waals surface area contributed by atoms with E-state index in [2.05, 4.69) is 0 Å². The van der Waals surface area contributed by atoms with Crippen LogP contribution >= 0.6 is 0 Å². The molecule has 1 aliphatic rings. The molecule has 0 radical (unpaired) electrons. The van der Waals surface area contributed by atoms with Gasteiger partial charge in [0.1, 0.15) is 23.4 Å². The monoisotopic (exact) mass is 241 g/mol.